The molecule has 1 aromatic carbocycles. The number of carbonyl (C=O) groups excluding carboxylic acids is 1. The van der Waals surface area contributed by atoms with Gasteiger partial charge in [0.05, 0.1) is 0 Å². The monoisotopic (exact) mass is 229 g/mol. The first-order valence-electron chi connectivity index (χ1n) is 5.09. The Morgan fingerprint density at radius 3 is 2.65 bits per heavy atom. The molecule has 2 rings (SSSR count). The second kappa shape index (κ2) is 4.61. The van der Waals surface area contributed by atoms with Crippen LogP contribution in [0.1, 0.15) is 21.9 Å². The van der Waals surface area contributed by atoms with Gasteiger partial charge in [-0.05, 0) is 5.56 Å². The van der Waals surface area contributed by atoms with Crippen LogP contribution in [-0.4, -0.2) is 15.9 Å². The molecular formula is C12H11N3O2. The lowest BCUT2D eigenvalue weighted by molar-refractivity contribution is 0.0995. The summed E-state index contributed by atoms with van der Waals surface area (Å²) in [7, 11) is 0. The molecular weight excluding hydrogens is 218 g/mol. The lowest BCUT2D eigenvalue weighted by Gasteiger charge is -2.02. The van der Waals surface area contributed by atoms with E-state index in [1.807, 2.05) is 30.3 Å². The van der Waals surface area contributed by atoms with Crippen LogP contribution in [0.5, 0.6) is 0 Å². The van der Waals surface area contributed by atoms with Gasteiger partial charge >= 0.3 is 0 Å². The number of aromatic nitrogens is 2. The molecule has 3 N–H and O–H groups in total. The van der Waals surface area contributed by atoms with Crippen LogP contribution >= 0.6 is 0 Å². The van der Waals surface area contributed by atoms with Crippen molar-refractivity contribution in [3.05, 3.63) is 63.8 Å². The summed E-state index contributed by atoms with van der Waals surface area (Å²) in [6.07, 6.45) is 0.456. The minimum Gasteiger partial charge on any atom is -0.364 e. The number of nitrogens with two attached hydrogens (primary N) is 1. The Morgan fingerprint density at radius 2 is 2.00 bits per heavy atom. The molecule has 0 atom stereocenters. The average Bonchev–Trinajstić information content (AvgIpc) is 2.29. The number of hydrogen-bond donors (Lipinski definition) is 2. The van der Waals surface area contributed by atoms with Crippen LogP contribution in [0.15, 0.2) is 41.2 Å². The van der Waals surface area contributed by atoms with E-state index in [0.717, 1.165) is 11.6 Å². The van der Waals surface area contributed by atoms with Crippen LogP contribution in [0, 0.1) is 0 Å². The first-order chi connectivity index (χ1) is 8.15. The number of nitrogens with one attached hydrogen (secondary N) is 1. The topological polar surface area (TPSA) is 88.8 Å². The summed E-state index contributed by atoms with van der Waals surface area (Å²) in [5, 5.41) is 0. The highest BCUT2D eigenvalue weighted by atomic mass is 16.1. The molecule has 0 aliphatic carbocycles. The van der Waals surface area contributed by atoms with Crippen LogP contribution < -0.4 is 11.3 Å². The van der Waals surface area contributed by atoms with Gasteiger partial charge in [0, 0.05) is 12.5 Å². The Balaban J connectivity index is 2.34. The van der Waals surface area contributed by atoms with Crippen molar-refractivity contribution in [2.45, 2.75) is 6.42 Å². The van der Waals surface area contributed by atoms with E-state index in [0.29, 0.717) is 12.2 Å². The van der Waals surface area contributed by atoms with E-state index in [2.05, 4.69) is 9.97 Å². The van der Waals surface area contributed by atoms with Crippen molar-refractivity contribution in [1.82, 2.24) is 9.97 Å². The Bertz CT molecular complexity index is 590. The summed E-state index contributed by atoms with van der Waals surface area (Å²) < 4.78 is 0. The maximum absolute atomic E-state index is 11.3. The molecule has 5 nitrogen and oxygen atoms in total. The van der Waals surface area contributed by atoms with Gasteiger partial charge in [0.1, 0.15) is 11.5 Å². The maximum Gasteiger partial charge on any atom is 0.267 e. The predicted molar refractivity (Wildman–Crippen MR) is 62.6 cm³/mol. The molecule has 5 heteroatoms. The van der Waals surface area contributed by atoms with Gasteiger partial charge in [-0.2, -0.15) is 0 Å². The summed E-state index contributed by atoms with van der Waals surface area (Å²) in [5.41, 5.74) is 5.70. The second-order valence-electron chi connectivity index (χ2n) is 3.60. The van der Waals surface area contributed by atoms with Crippen LogP contribution in [0.4, 0.5) is 0 Å². The zero-order chi connectivity index (χ0) is 12.3. The van der Waals surface area contributed by atoms with Crippen molar-refractivity contribution in [1.29, 1.82) is 0 Å². The van der Waals surface area contributed by atoms with Gasteiger partial charge in [0.2, 0.25) is 0 Å². The number of aromatic amines is 1. The molecule has 0 saturated heterocycles. The molecule has 0 fully saturated rings. The summed E-state index contributed by atoms with van der Waals surface area (Å²) in [6.45, 7) is 0. The van der Waals surface area contributed by atoms with Crippen molar-refractivity contribution >= 4 is 5.91 Å². The number of H-pyrrole nitrogens is 1. The van der Waals surface area contributed by atoms with E-state index in [4.69, 9.17) is 5.73 Å². The second-order valence-corrected chi connectivity index (χ2v) is 3.60. The third kappa shape index (κ3) is 2.78. The Labute approximate surface area is 97.3 Å². The number of amides is 1. The third-order valence-corrected chi connectivity index (χ3v) is 2.26. The summed E-state index contributed by atoms with van der Waals surface area (Å²) >= 11 is 0. The highest BCUT2D eigenvalue weighted by molar-refractivity contribution is 5.90. The van der Waals surface area contributed by atoms with Gasteiger partial charge in [-0.3, -0.25) is 9.59 Å². The Morgan fingerprint density at radius 1 is 1.29 bits per heavy atom. The first kappa shape index (κ1) is 11.1. The fraction of sp³-hybridized carbons (Fsp3) is 0.0833. The van der Waals surface area contributed by atoms with E-state index in [-0.39, 0.29) is 11.3 Å². The quantitative estimate of drug-likeness (QED) is 0.801. The van der Waals surface area contributed by atoms with Crippen LogP contribution in [0.2, 0.25) is 0 Å². The average molecular weight is 229 g/mol. The van der Waals surface area contributed by atoms with E-state index in [1.54, 1.807) is 0 Å². The molecule has 0 aliphatic rings. The highest BCUT2D eigenvalue weighted by Crippen LogP contribution is 2.04. The van der Waals surface area contributed by atoms with Crippen LogP contribution in [0.3, 0.4) is 0 Å². The summed E-state index contributed by atoms with van der Waals surface area (Å²) in [6, 6.07) is 10.6. The van der Waals surface area contributed by atoms with Gasteiger partial charge in [-0.25, -0.2) is 4.98 Å². The molecule has 0 unspecified atom stereocenters. The fourth-order valence-corrected chi connectivity index (χ4v) is 1.51. The smallest absolute Gasteiger partial charge is 0.267 e. The van der Waals surface area contributed by atoms with Crippen molar-refractivity contribution in [2.75, 3.05) is 0 Å². The first-order valence-corrected chi connectivity index (χ1v) is 5.09. The molecule has 0 spiro atoms. The van der Waals surface area contributed by atoms with E-state index in [9.17, 15) is 9.59 Å². The minimum atomic E-state index is -0.703. The number of carbonyl (C=O) groups is 1. The molecule has 0 radical (unpaired) electrons. The molecule has 1 heterocycles. The van der Waals surface area contributed by atoms with Crippen LogP contribution in [-0.2, 0) is 6.42 Å². The minimum absolute atomic E-state index is 0.0142. The third-order valence-electron chi connectivity index (χ3n) is 2.26. The van der Waals surface area contributed by atoms with Crippen molar-refractivity contribution in [3.8, 4) is 0 Å². The normalized spacial score (nSPS) is 10.1. The van der Waals surface area contributed by atoms with Crippen molar-refractivity contribution in [3.63, 3.8) is 0 Å². The predicted octanol–water partition coefficient (Wildman–Crippen LogP) is 0.460. The van der Waals surface area contributed by atoms with E-state index in [1.165, 1.54) is 0 Å². The maximum atomic E-state index is 11.3. The van der Waals surface area contributed by atoms with Gasteiger partial charge in [-0.15, -0.1) is 0 Å². The molecule has 0 aliphatic heterocycles. The highest BCUT2D eigenvalue weighted by Gasteiger charge is 2.06. The zero-order valence-electron chi connectivity index (χ0n) is 9.01. The van der Waals surface area contributed by atoms with Gasteiger partial charge in [0.25, 0.3) is 11.5 Å². The zero-order valence-corrected chi connectivity index (χ0v) is 9.01. The van der Waals surface area contributed by atoms with Gasteiger partial charge < -0.3 is 10.7 Å². The number of primary amides is 1. The largest absolute Gasteiger partial charge is 0.364 e. The van der Waals surface area contributed by atoms with Gasteiger partial charge in [-0.1, -0.05) is 30.3 Å². The van der Waals surface area contributed by atoms with Crippen molar-refractivity contribution in [2.24, 2.45) is 5.73 Å². The molecule has 1 amide bonds. The molecule has 0 saturated carbocycles. The molecule has 2 aromatic rings. The number of nitrogens with zero attached hydrogens (tertiary/aromatic N) is 1. The molecule has 0 bridgehead atoms. The summed E-state index contributed by atoms with van der Waals surface area (Å²) in [4.78, 5) is 28.8. The molecule has 86 valence electrons. The Hall–Kier alpha value is -2.43. The fourth-order valence-electron chi connectivity index (χ4n) is 1.51. The standard InChI is InChI=1S/C12H11N3O2/c13-12(17)9-7-11(16)15-10(14-9)6-8-4-2-1-3-5-8/h1-5,7H,6H2,(H2,13,17)(H,14,15,16). The lowest BCUT2D eigenvalue weighted by Crippen LogP contribution is -2.20. The lowest BCUT2D eigenvalue weighted by atomic mass is 10.1. The van der Waals surface area contributed by atoms with Crippen molar-refractivity contribution < 1.29 is 4.79 Å². The SMILES string of the molecule is NC(=O)c1cc(=O)[nH]c(Cc2ccccc2)n1. The summed E-state index contributed by atoms with van der Waals surface area (Å²) in [5.74, 6) is -0.275. The van der Waals surface area contributed by atoms with Crippen LogP contribution in [0.25, 0.3) is 0 Å². The molecule has 17 heavy (non-hydrogen) atoms. The number of rotatable bonds is 3. The van der Waals surface area contributed by atoms with E-state index >= 15 is 0 Å². The van der Waals surface area contributed by atoms with Gasteiger partial charge in [0.15, 0.2) is 0 Å². The number of hydrogen-bond acceptors (Lipinski definition) is 3. The van der Waals surface area contributed by atoms with E-state index < -0.39 is 5.91 Å². The number of benzene rings is 1. The Kier molecular flexibility index (Phi) is 3.00. The molecule has 1 aromatic heterocycles.